The second kappa shape index (κ2) is 17.5. The van der Waals surface area contributed by atoms with Crippen LogP contribution in [-0.4, -0.2) is 51.6 Å². The maximum Gasteiger partial charge on any atom is 0.343 e. The van der Waals surface area contributed by atoms with Gasteiger partial charge in [-0.05, 0) is 118 Å². The summed E-state index contributed by atoms with van der Waals surface area (Å²) in [6, 6.07) is 27.0. The van der Waals surface area contributed by atoms with E-state index in [1.807, 2.05) is 31.3 Å². The highest BCUT2D eigenvalue weighted by Crippen LogP contribution is 2.21. The predicted molar refractivity (Wildman–Crippen MR) is 172 cm³/mol. The number of nitrogens with zero attached hydrogens (tertiary/aromatic N) is 2. The van der Waals surface area contributed by atoms with E-state index in [1.165, 1.54) is 0 Å². The zero-order valence-corrected chi connectivity index (χ0v) is 25.7. The molecule has 0 saturated carbocycles. The molecule has 0 bridgehead atoms. The average Bonchev–Trinajstić information content (AvgIpc) is 3.07. The van der Waals surface area contributed by atoms with Crippen LogP contribution in [0.25, 0.3) is 0 Å². The number of esters is 2. The van der Waals surface area contributed by atoms with Gasteiger partial charge in [0.2, 0.25) is 0 Å². The molecule has 4 aromatic carbocycles. The first-order chi connectivity index (χ1) is 21.8. The predicted octanol–water partition coefficient (Wildman–Crippen LogP) is 6.18. The molecule has 234 valence electrons. The molecule has 0 N–H and O–H groups in total. The van der Waals surface area contributed by atoms with Crippen molar-refractivity contribution >= 4 is 36.3 Å². The number of benzene rings is 4. The van der Waals surface area contributed by atoms with Crippen LogP contribution >= 0.6 is 0 Å². The third-order valence-corrected chi connectivity index (χ3v) is 6.69. The van der Waals surface area contributed by atoms with Crippen molar-refractivity contribution < 1.29 is 38.1 Å². The molecule has 0 spiro atoms. The van der Waals surface area contributed by atoms with Crippen molar-refractivity contribution in [3.8, 4) is 23.0 Å². The summed E-state index contributed by atoms with van der Waals surface area (Å²) in [4.78, 5) is 48.9. The highest BCUT2D eigenvalue weighted by Gasteiger charge is 2.11. The maximum atomic E-state index is 12.1. The standard InChI is InChI=1S/C18H19NO4.C17H17NO4/c1-3-19(4-2)15-7-5-14(6-8-15)18(21)23-17-11-9-16(10-12-17)22-13-20;1-3-18(2)14-6-4-13(5-7-14)17(20)22-16-10-8-15(9-11-16)21-12-19/h5-13H,3-4H2,1-2H3;4-12H,3H2,1-2H3. The first-order valence-corrected chi connectivity index (χ1v) is 14.3. The minimum Gasteiger partial charge on any atom is -0.429 e. The van der Waals surface area contributed by atoms with Gasteiger partial charge in [0.05, 0.1) is 11.1 Å². The number of hydrogen-bond donors (Lipinski definition) is 0. The van der Waals surface area contributed by atoms with Gasteiger partial charge in [-0.15, -0.1) is 0 Å². The fraction of sp³-hybridized carbons (Fsp3) is 0.200. The number of anilines is 2. The third kappa shape index (κ3) is 10.2. The van der Waals surface area contributed by atoms with Crippen LogP contribution in [0.4, 0.5) is 11.4 Å². The van der Waals surface area contributed by atoms with E-state index in [0.29, 0.717) is 47.1 Å². The van der Waals surface area contributed by atoms with E-state index in [9.17, 15) is 19.2 Å². The minimum atomic E-state index is -0.435. The van der Waals surface area contributed by atoms with Crippen molar-refractivity contribution in [1.29, 1.82) is 0 Å². The average molecular weight is 613 g/mol. The van der Waals surface area contributed by atoms with Crippen molar-refractivity contribution in [1.82, 2.24) is 0 Å². The van der Waals surface area contributed by atoms with Crippen LogP contribution in [0.3, 0.4) is 0 Å². The van der Waals surface area contributed by atoms with Crippen molar-refractivity contribution in [2.45, 2.75) is 20.8 Å². The Kier molecular flexibility index (Phi) is 13.1. The molecule has 0 radical (unpaired) electrons. The van der Waals surface area contributed by atoms with Crippen molar-refractivity contribution in [2.75, 3.05) is 36.5 Å². The highest BCUT2D eigenvalue weighted by molar-refractivity contribution is 5.92. The van der Waals surface area contributed by atoms with Crippen LogP contribution in [0.5, 0.6) is 23.0 Å². The lowest BCUT2D eigenvalue weighted by Crippen LogP contribution is -2.21. The Balaban J connectivity index is 0.000000246. The summed E-state index contributed by atoms with van der Waals surface area (Å²) >= 11 is 0. The highest BCUT2D eigenvalue weighted by atomic mass is 16.5. The minimum absolute atomic E-state index is 0.343. The molecule has 4 aromatic rings. The third-order valence-electron chi connectivity index (χ3n) is 6.69. The van der Waals surface area contributed by atoms with E-state index >= 15 is 0 Å². The molecule has 0 aliphatic carbocycles. The Morgan fingerprint density at radius 1 is 0.533 bits per heavy atom. The maximum absolute atomic E-state index is 12.1. The Labute approximate surface area is 262 Å². The quantitative estimate of drug-likeness (QED) is 0.0985. The summed E-state index contributed by atoms with van der Waals surface area (Å²) in [5, 5.41) is 0. The lowest BCUT2D eigenvalue weighted by Gasteiger charge is -2.20. The van der Waals surface area contributed by atoms with Gasteiger partial charge in [-0.1, -0.05) is 0 Å². The van der Waals surface area contributed by atoms with Gasteiger partial charge >= 0.3 is 11.9 Å². The van der Waals surface area contributed by atoms with Crippen LogP contribution < -0.4 is 28.7 Å². The molecule has 45 heavy (non-hydrogen) atoms. The molecule has 10 heteroatoms. The first-order valence-electron chi connectivity index (χ1n) is 14.3. The van der Waals surface area contributed by atoms with Crippen molar-refractivity contribution in [3.05, 3.63) is 108 Å². The zero-order chi connectivity index (χ0) is 32.6. The Hall–Kier alpha value is -5.64. The number of carbonyl (C=O) groups excluding carboxylic acids is 4. The van der Waals surface area contributed by atoms with Crippen molar-refractivity contribution in [2.24, 2.45) is 0 Å². The topological polar surface area (TPSA) is 112 Å². The van der Waals surface area contributed by atoms with E-state index in [1.54, 1.807) is 72.8 Å². The van der Waals surface area contributed by atoms with Crippen LogP contribution in [0.15, 0.2) is 97.1 Å². The molecule has 0 aliphatic rings. The summed E-state index contributed by atoms with van der Waals surface area (Å²) in [6.07, 6.45) is 0. The molecule has 0 atom stereocenters. The molecule has 0 amide bonds. The van der Waals surface area contributed by atoms with Gasteiger partial charge < -0.3 is 28.7 Å². The monoisotopic (exact) mass is 612 g/mol. The normalized spacial score (nSPS) is 9.96. The lowest BCUT2D eigenvalue weighted by molar-refractivity contribution is -0.121. The van der Waals surface area contributed by atoms with Crippen LogP contribution in [0, 0.1) is 0 Å². The zero-order valence-electron chi connectivity index (χ0n) is 25.7. The van der Waals surface area contributed by atoms with E-state index in [-0.39, 0.29) is 0 Å². The summed E-state index contributed by atoms with van der Waals surface area (Å²) < 4.78 is 19.9. The SMILES string of the molecule is CCN(C)c1ccc(C(=O)Oc2ccc(OC=O)cc2)cc1.CCN(CC)c1ccc(C(=O)Oc2ccc(OC=O)cc2)cc1. The number of hydrogen-bond acceptors (Lipinski definition) is 10. The van der Waals surface area contributed by atoms with Crippen molar-refractivity contribution in [3.63, 3.8) is 0 Å². The smallest absolute Gasteiger partial charge is 0.343 e. The number of rotatable bonds is 13. The molecule has 10 nitrogen and oxygen atoms in total. The summed E-state index contributed by atoms with van der Waals surface area (Å²) in [6.45, 7) is 9.63. The van der Waals surface area contributed by atoms with Crippen LogP contribution in [0.2, 0.25) is 0 Å². The van der Waals surface area contributed by atoms with E-state index < -0.39 is 11.9 Å². The summed E-state index contributed by atoms with van der Waals surface area (Å²) in [7, 11) is 1.98. The van der Waals surface area contributed by atoms with Gasteiger partial charge in [0, 0.05) is 38.1 Å². The molecular formula is C35H36N2O8. The van der Waals surface area contributed by atoms with E-state index in [2.05, 4.69) is 40.0 Å². The molecule has 0 aliphatic heterocycles. The van der Waals surface area contributed by atoms with Gasteiger partial charge in [0.25, 0.3) is 12.9 Å². The fourth-order valence-corrected chi connectivity index (χ4v) is 4.05. The Bertz CT molecular complexity index is 1520. The molecule has 0 aromatic heterocycles. The van der Waals surface area contributed by atoms with E-state index in [4.69, 9.17) is 9.47 Å². The fourth-order valence-electron chi connectivity index (χ4n) is 4.05. The molecule has 0 saturated heterocycles. The molecule has 0 unspecified atom stereocenters. The lowest BCUT2D eigenvalue weighted by atomic mass is 10.2. The largest absolute Gasteiger partial charge is 0.429 e. The van der Waals surface area contributed by atoms with Crippen LogP contribution in [0.1, 0.15) is 41.5 Å². The van der Waals surface area contributed by atoms with Crippen LogP contribution in [-0.2, 0) is 9.59 Å². The van der Waals surface area contributed by atoms with Gasteiger partial charge in [0.1, 0.15) is 23.0 Å². The molecule has 4 rings (SSSR count). The second-order valence-electron chi connectivity index (χ2n) is 9.43. The Morgan fingerprint density at radius 2 is 0.889 bits per heavy atom. The number of carbonyl (C=O) groups is 4. The summed E-state index contributed by atoms with van der Waals surface area (Å²) in [5.41, 5.74) is 3.06. The molecule has 0 fully saturated rings. The van der Waals surface area contributed by atoms with Gasteiger partial charge in [-0.25, -0.2) is 9.59 Å². The number of ether oxygens (including phenoxy) is 4. The second-order valence-corrected chi connectivity index (χ2v) is 9.43. The summed E-state index contributed by atoms with van der Waals surface area (Å²) in [5.74, 6) is 0.694. The van der Waals surface area contributed by atoms with E-state index in [0.717, 1.165) is 31.0 Å². The van der Waals surface area contributed by atoms with Gasteiger partial charge in [-0.2, -0.15) is 0 Å². The molecule has 0 heterocycles. The first kappa shape index (κ1) is 33.9. The van der Waals surface area contributed by atoms with Gasteiger partial charge in [-0.3, -0.25) is 9.59 Å². The Morgan fingerprint density at radius 3 is 1.22 bits per heavy atom. The van der Waals surface area contributed by atoms with Gasteiger partial charge in [0.15, 0.2) is 0 Å². The molecular weight excluding hydrogens is 576 g/mol.